The predicted octanol–water partition coefficient (Wildman–Crippen LogP) is 2.39. The maximum absolute atomic E-state index is 5.86. The smallest absolute Gasteiger partial charge is 0.0635 e. The lowest BCUT2D eigenvalue weighted by Gasteiger charge is -2.16. The number of hydrogen-bond acceptors (Lipinski definition) is 3. The van der Waals surface area contributed by atoms with Crippen molar-refractivity contribution in [2.75, 3.05) is 33.0 Å². The van der Waals surface area contributed by atoms with Gasteiger partial charge in [-0.3, -0.25) is 0 Å². The molecule has 0 amide bonds. The number of hydrogen-bond donors (Lipinski definition) is 1. The molecule has 0 fully saturated rings. The first-order valence-electron chi connectivity index (χ1n) is 5.35. The molecule has 1 rings (SSSR count). The predicted molar refractivity (Wildman–Crippen MR) is 68.7 cm³/mol. The van der Waals surface area contributed by atoms with Crippen LogP contribution in [0, 0.1) is 0 Å². The second-order valence-electron chi connectivity index (χ2n) is 3.94. The van der Waals surface area contributed by atoms with Crippen LogP contribution in [0.4, 0.5) is 5.69 Å². The van der Waals surface area contributed by atoms with Gasteiger partial charge in [-0.1, -0.05) is 17.7 Å². The Bertz CT molecular complexity index is 331. The van der Waals surface area contributed by atoms with Crippen molar-refractivity contribution in [3.8, 4) is 0 Å². The Labute approximate surface area is 102 Å². The lowest BCUT2D eigenvalue weighted by atomic mass is 10.2. The molecule has 90 valence electrons. The number of methoxy groups -OCH3 is 1. The minimum absolute atomic E-state index is 0.616. The van der Waals surface area contributed by atoms with Gasteiger partial charge in [-0.15, -0.1) is 0 Å². The highest BCUT2D eigenvalue weighted by atomic mass is 35.5. The van der Waals surface area contributed by atoms with E-state index >= 15 is 0 Å². The maximum Gasteiger partial charge on any atom is 0.0635 e. The van der Waals surface area contributed by atoms with Crippen LogP contribution in [0.2, 0.25) is 5.02 Å². The van der Waals surface area contributed by atoms with Gasteiger partial charge in [-0.05, 0) is 31.2 Å². The van der Waals surface area contributed by atoms with E-state index in [9.17, 15) is 0 Å². The Morgan fingerprint density at radius 2 is 2.19 bits per heavy atom. The Hall–Kier alpha value is -0.770. The molecule has 2 N–H and O–H groups in total. The van der Waals surface area contributed by atoms with E-state index in [2.05, 4.69) is 11.9 Å². The lowest BCUT2D eigenvalue weighted by Crippen LogP contribution is -2.20. The minimum Gasteiger partial charge on any atom is -0.398 e. The number of nitrogens with two attached hydrogens (primary N) is 1. The number of ether oxygens (including phenoxy) is 1. The molecule has 1 aromatic rings. The summed E-state index contributed by atoms with van der Waals surface area (Å²) in [6.07, 6.45) is 1.04. The Morgan fingerprint density at radius 3 is 2.81 bits per heavy atom. The summed E-state index contributed by atoms with van der Waals surface area (Å²) in [5.74, 6) is 0. The van der Waals surface area contributed by atoms with Crippen molar-refractivity contribution in [3.05, 3.63) is 28.8 Å². The highest BCUT2D eigenvalue weighted by Gasteiger charge is 2.02. The Balaban J connectivity index is 2.43. The molecule has 0 saturated carbocycles. The maximum atomic E-state index is 5.86. The van der Waals surface area contributed by atoms with Crippen molar-refractivity contribution >= 4 is 17.3 Å². The zero-order valence-electron chi connectivity index (χ0n) is 9.87. The summed E-state index contributed by atoms with van der Waals surface area (Å²) < 4.78 is 5.01. The van der Waals surface area contributed by atoms with Crippen LogP contribution in [0.25, 0.3) is 0 Å². The first-order chi connectivity index (χ1) is 7.63. The van der Waals surface area contributed by atoms with Gasteiger partial charge in [0.1, 0.15) is 0 Å². The van der Waals surface area contributed by atoms with Gasteiger partial charge < -0.3 is 15.4 Å². The molecule has 16 heavy (non-hydrogen) atoms. The quantitative estimate of drug-likeness (QED) is 0.615. The van der Waals surface area contributed by atoms with E-state index in [1.807, 2.05) is 18.2 Å². The average Bonchev–Trinajstić information content (AvgIpc) is 2.24. The lowest BCUT2D eigenvalue weighted by molar-refractivity contribution is 0.178. The van der Waals surface area contributed by atoms with E-state index in [0.29, 0.717) is 10.7 Å². The third-order valence-electron chi connectivity index (χ3n) is 2.40. The molecule has 1 aromatic carbocycles. The number of benzene rings is 1. The molecular formula is C12H19ClN2O. The number of nitrogen functional groups attached to an aromatic ring is 1. The van der Waals surface area contributed by atoms with Crippen LogP contribution >= 0.6 is 11.6 Å². The Morgan fingerprint density at radius 1 is 1.44 bits per heavy atom. The number of nitrogens with zero attached hydrogens (tertiary/aromatic N) is 1. The zero-order chi connectivity index (χ0) is 12.0. The fourth-order valence-electron chi connectivity index (χ4n) is 1.56. The standard InChI is InChI=1S/C12H19ClN2O/c1-15(6-3-7-16-2)9-10-4-5-11(13)12(14)8-10/h4-5,8H,3,6-7,9,14H2,1-2H3. The number of halogens is 1. The highest BCUT2D eigenvalue weighted by Crippen LogP contribution is 2.20. The second kappa shape index (κ2) is 6.74. The summed E-state index contributed by atoms with van der Waals surface area (Å²) in [5.41, 5.74) is 7.57. The molecule has 0 bridgehead atoms. The van der Waals surface area contributed by atoms with Gasteiger partial charge in [-0.2, -0.15) is 0 Å². The van der Waals surface area contributed by atoms with Gasteiger partial charge in [0.2, 0.25) is 0 Å². The van der Waals surface area contributed by atoms with Crippen LogP contribution in [-0.2, 0) is 11.3 Å². The summed E-state index contributed by atoms with van der Waals surface area (Å²) in [4.78, 5) is 2.24. The van der Waals surface area contributed by atoms with Crippen LogP contribution in [0.5, 0.6) is 0 Å². The summed E-state index contributed by atoms with van der Waals surface area (Å²) in [6, 6.07) is 5.77. The summed E-state index contributed by atoms with van der Waals surface area (Å²) in [7, 11) is 3.81. The highest BCUT2D eigenvalue weighted by molar-refractivity contribution is 6.33. The first kappa shape index (κ1) is 13.3. The molecule has 4 heteroatoms. The monoisotopic (exact) mass is 242 g/mol. The molecule has 0 atom stereocenters. The first-order valence-corrected chi connectivity index (χ1v) is 5.72. The fraction of sp³-hybridized carbons (Fsp3) is 0.500. The van der Waals surface area contributed by atoms with E-state index in [1.165, 1.54) is 5.56 Å². The fourth-order valence-corrected chi connectivity index (χ4v) is 1.68. The van der Waals surface area contributed by atoms with Crippen molar-refractivity contribution in [2.24, 2.45) is 0 Å². The molecule has 0 saturated heterocycles. The van der Waals surface area contributed by atoms with E-state index in [4.69, 9.17) is 22.1 Å². The molecule has 0 unspecified atom stereocenters. The Kier molecular flexibility index (Phi) is 5.60. The molecule has 0 heterocycles. The van der Waals surface area contributed by atoms with Crippen LogP contribution in [0.3, 0.4) is 0 Å². The molecule has 0 aliphatic heterocycles. The van der Waals surface area contributed by atoms with Gasteiger partial charge in [0.25, 0.3) is 0 Å². The molecular weight excluding hydrogens is 224 g/mol. The van der Waals surface area contributed by atoms with Crippen LogP contribution < -0.4 is 5.73 Å². The molecule has 0 aliphatic carbocycles. The minimum atomic E-state index is 0.616. The third kappa shape index (κ3) is 4.39. The van der Waals surface area contributed by atoms with Crippen molar-refractivity contribution in [3.63, 3.8) is 0 Å². The zero-order valence-corrected chi connectivity index (χ0v) is 10.6. The summed E-state index contributed by atoms with van der Waals surface area (Å²) in [6.45, 7) is 2.69. The summed E-state index contributed by atoms with van der Waals surface area (Å²) in [5, 5.41) is 0.616. The average molecular weight is 243 g/mol. The van der Waals surface area contributed by atoms with Gasteiger partial charge in [0, 0.05) is 26.8 Å². The molecule has 3 nitrogen and oxygen atoms in total. The second-order valence-corrected chi connectivity index (χ2v) is 4.35. The topological polar surface area (TPSA) is 38.5 Å². The SMILES string of the molecule is COCCCN(C)Cc1ccc(Cl)c(N)c1. The van der Waals surface area contributed by atoms with Crippen LogP contribution in [0.1, 0.15) is 12.0 Å². The van der Waals surface area contributed by atoms with Gasteiger partial charge >= 0.3 is 0 Å². The van der Waals surface area contributed by atoms with E-state index in [1.54, 1.807) is 7.11 Å². The van der Waals surface area contributed by atoms with Crippen molar-refractivity contribution in [1.82, 2.24) is 4.90 Å². The van der Waals surface area contributed by atoms with Crippen molar-refractivity contribution < 1.29 is 4.74 Å². The number of anilines is 1. The van der Waals surface area contributed by atoms with Crippen molar-refractivity contribution in [2.45, 2.75) is 13.0 Å². The van der Waals surface area contributed by atoms with E-state index in [0.717, 1.165) is 26.1 Å². The summed E-state index contributed by atoms with van der Waals surface area (Å²) >= 11 is 5.86. The largest absolute Gasteiger partial charge is 0.398 e. The molecule has 0 aliphatic rings. The van der Waals surface area contributed by atoms with E-state index in [-0.39, 0.29) is 0 Å². The van der Waals surface area contributed by atoms with E-state index < -0.39 is 0 Å². The van der Waals surface area contributed by atoms with Gasteiger partial charge in [0.05, 0.1) is 10.7 Å². The number of rotatable bonds is 6. The van der Waals surface area contributed by atoms with Crippen LogP contribution in [-0.4, -0.2) is 32.2 Å². The molecule has 0 spiro atoms. The van der Waals surface area contributed by atoms with Crippen LogP contribution in [0.15, 0.2) is 18.2 Å². The normalized spacial score (nSPS) is 11.0. The van der Waals surface area contributed by atoms with Crippen molar-refractivity contribution in [1.29, 1.82) is 0 Å². The molecule has 0 aromatic heterocycles. The van der Waals surface area contributed by atoms with Gasteiger partial charge in [0.15, 0.2) is 0 Å². The van der Waals surface area contributed by atoms with Gasteiger partial charge in [-0.25, -0.2) is 0 Å². The third-order valence-corrected chi connectivity index (χ3v) is 2.75. The molecule has 0 radical (unpaired) electrons.